The van der Waals surface area contributed by atoms with Gasteiger partial charge in [-0.3, -0.25) is 0 Å². The summed E-state index contributed by atoms with van der Waals surface area (Å²) in [4.78, 5) is 2.33. The summed E-state index contributed by atoms with van der Waals surface area (Å²) in [5.41, 5.74) is 12.1. The molecule has 0 unspecified atom stereocenters. The van der Waals surface area contributed by atoms with Gasteiger partial charge in [0.15, 0.2) is 0 Å². The molecule has 0 aliphatic heterocycles. The van der Waals surface area contributed by atoms with Gasteiger partial charge in [-0.25, -0.2) is 0 Å². The van der Waals surface area contributed by atoms with Crippen LogP contribution in [0.25, 0.3) is 22.3 Å². The molecule has 50 heavy (non-hydrogen) atoms. The van der Waals surface area contributed by atoms with E-state index in [1.165, 1.54) is 112 Å². The van der Waals surface area contributed by atoms with Gasteiger partial charge in [0.1, 0.15) is 0 Å². The van der Waals surface area contributed by atoms with Crippen LogP contribution in [0.15, 0.2) is 124 Å². The van der Waals surface area contributed by atoms with Crippen molar-refractivity contribution in [2.75, 3.05) is 4.90 Å². The molecule has 0 spiro atoms. The molecule has 0 saturated carbocycles. The van der Waals surface area contributed by atoms with Gasteiger partial charge in [0.05, 0.1) is 0 Å². The van der Waals surface area contributed by atoms with E-state index in [1.807, 2.05) is 0 Å². The summed E-state index contributed by atoms with van der Waals surface area (Å²) in [6.07, 6.45) is 18.6. The Morgan fingerprint density at radius 3 is 1.42 bits per heavy atom. The fourth-order valence-corrected chi connectivity index (χ4v) is 8.67. The molecule has 260 valence electrons. The smallest absolute Gasteiger partial charge is 0.0462 e. The molecular weight excluding hydrogens is 738 g/mol. The molecule has 0 radical (unpaired) electrons. The third kappa shape index (κ3) is 8.48. The summed E-state index contributed by atoms with van der Waals surface area (Å²) in [6.45, 7) is 4.63. The monoisotopic (exact) mass is 789 g/mol. The summed E-state index contributed by atoms with van der Waals surface area (Å²) in [5.74, 6) is 0. The van der Waals surface area contributed by atoms with Crippen molar-refractivity contribution in [1.29, 1.82) is 0 Å². The minimum absolute atomic E-state index is 0.0946. The highest BCUT2D eigenvalue weighted by Crippen LogP contribution is 2.55. The predicted octanol–water partition coefficient (Wildman–Crippen LogP) is 16.1. The second-order valence-corrected chi connectivity index (χ2v) is 16.1. The van der Waals surface area contributed by atoms with Crippen LogP contribution in [0.3, 0.4) is 0 Å². The Morgan fingerprint density at radius 2 is 0.880 bits per heavy atom. The van der Waals surface area contributed by atoms with Crippen LogP contribution in [0.5, 0.6) is 0 Å². The molecule has 3 heteroatoms. The van der Waals surface area contributed by atoms with Crippen molar-refractivity contribution >= 4 is 48.9 Å². The lowest BCUT2D eigenvalue weighted by molar-refractivity contribution is 0.398. The lowest BCUT2D eigenvalue weighted by Gasteiger charge is -2.33. The van der Waals surface area contributed by atoms with Crippen LogP contribution in [-0.2, 0) is 5.41 Å². The van der Waals surface area contributed by atoms with Crippen LogP contribution in [-0.4, -0.2) is 0 Å². The zero-order valence-electron chi connectivity index (χ0n) is 30.1. The molecule has 6 rings (SSSR count). The van der Waals surface area contributed by atoms with Gasteiger partial charge in [0.25, 0.3) is 0 Å². The number of nitrogens with zero attached hydrogens (tertiary/aromatic N) is 1. The number of hydrogen-bond donors (Lipinski definition) is 0. The molecule has 0 fully saturated rings. The van der Waals surface area contributed by atoms with E-state index in [9.17, 15) is 0 Å². The molecule has 0 saturated heterocycles. The summed E-state index contributed by atoms with van der Waals surface area (Å²) in [7, 11) is 0. The fraction of sp³-hybridized carbons (Fsp3) is 0.362. The molecule has 1 nitrogen and oxygen atoms in total. The first kappa shape index (κ1) is 36.6. The molecule has 0 N–H and O–H groups in total. The van der Waals surface area contributed by atoms with E-state index in [0.29, 0.717) is 0 Å². The summed E-state index contributed by atoms with van der Waals surface area (Å²) >= 11 is 7.24. The third-order valence-corrected chi connectivity index (χ3v) is 11.9. The topological polar surface area (TPSA) is 3.24 Å². The molecule has 0 aromatic heterocycles. The second kappa shape index (κ2) is 17.9. The molecular formula is C47H53Br2N. The van der Waals surface area contributed by atoms with Crippen molar-refractivity contribution in [1.82, 2.24) is 0 Å². The van der Waals surface area contributed by atoms with Crippen molar-refractivity contribution in [2.24, 2.45) is 0 Å². The second-order valence-electron chi connectivity index (χ2n) is 14.3. The Bertz CT molecular complexity index is 1730. The van der Waals surface area contributed by atoms with E-state index in [4.69, 9.17) is 0 Å². The third-order valence-electron chi connectivity index (χ3n) is 10.8. The number of fused-ring (bicyclic) bond motifs is 3. The lowest BCUT2D eigenvalue weighted by Crippen LogP contribution is -2.25. The molecule has 0 amide bonds. The van der Waals surface area contributed by atoms with Crippen LogP contribution in [0, 0.1) is 0 Å². The minimum Gasteiger partial charge on any atom is -0.311 e. The number of benzene rings is 5. The van der Waals surface area contributed by atoms with Gasteiger partial charge in [-0.2, -0.15) is 0 Å². The van der Waals surface area contributed by atoms with Crippen LogP contribution in [0.1, 0.15) is 115 Å². The van der Waals surface area contributed by atoms with Crippen molar-refractivity contribution in [3.05, 3.63) is 135 Å². The molecule has 0 heterocycles. The van der Waals surface area contributed by atoms with Gasteiger partial charge < -0.3 is 4.90 Å². The maximum atomic E-state index is 3.62. The Morgan fingerprint density at radius 1 is 0.440 bits per heavy atom. The van der Waals surface area contributed by atoms with E-state index in [0.717, 1.165) is 26.0 Å². The normalized spacial score (nSPS) is 12.9. The fourth-order valence-electron chi connectivity index (χ4n) is 8.14. The number of anilines is 3. The van der Waals surface area contributed by atoms with E-state index < -0.39 is 0 Å². The summed E-state index contributed by atoms with van der Waals surface area (Å²) in [6, 6.07) is 43.0. The Balaban J connectivity index is 1.33. The zero-order valence-corrected chi connectivity index (χ0v) is 33.2. The first-order chi connectivity index (χ1) is 24.5. The van der Waals surface area contributed by atoms with E-state index in [-0.39, 0.29) is 5.41 Å². The zero-order chi connectivity index (χ0) is 34.8. The number of hydrogen-bond acceptors (Lipinski definition) is 1. The number of rotatable bonds is 18. The average Bonchev–Trinajstić information content (AvgIpc) is 3.42. The van der Waals surface area contributed by atoms with Gasteiger partial charge in [0.2, 0.25) is 0 Å². The standard InChI is InChI=1S/C47H53Br2N/c1-3-5-7-9-11-15-33-47(34-16-12-10-8-6-4-2)45-18-14-13-17-43(45)44-32-21-37(35-46(44)47)36-19-26-40(27-20-36)50(41-28-22-38(48)23-29-41)42-30-24-39(49)25-31-42/h13-14,17-32,35H,3-12,15-16,33-34H2,1-2H3. The van der Waals surface area contributed by atoms with Crippen molar-refractivity contribution in [3.8, 4) is 22.3 Å². The SMILES string of the molecule is CCCCCCCCC1(CCCCCCCC)c2ccccc2-c2ccc(-c3ccc(N(c4ccc(Br)cc4)c4ccc(Br)cc4)cc3)cc21. The first-order valence-corrected chi connectivity index (χ1v) is 20.8. The Kier molecular flexibility index (Phi) is 13.1. The molecule has 1 aliphatic rings. The van der Waals surface area contributed by atoms with Crippen LogP contribution in [0.4, 0.5) is 17.1 Å². The molecule has 5 aromatic carbocycles. The quantitative estimate of drug-likeness (QED) is 0.0799. The minimum atomic E-state index is 0.0946. The van der Waals surface area contributed by atoms with E-state index in [2.05, 4.69) is 166 Å². The van der Waals surface area contributed by atoms with Gasteiger partial charge in [0, 0.05) is 31.4 Å². The highest BCUT2D eigenvalue weighted by molar-refractivity contribution is 9.10. The molecule has 0 atom stereocenters. The molecule has 5 aromatic rings. The molecule has 1 aliphatic carbocycles. The van der Waals surface area contributed by atoms with Gasteiger partial charge in [-0.1, -0.05) is 171 Å². The average molecular weight is 792 g/mol. The first-order valence-electron chi connectivity index (χ1n) is 19.2. The highest BCUT2D eigenvalue weighted by Gasteiger charge is 2.42. The predicted molar refractivity (Wildman–Crippen MR) is 224 cm³/mol. The van der Waals surface area contributed by atoms with E-state index >= 15 is 0 Å². The highest BCUT2D eigenvalue weighted by atomic mass is 79.9. The molecule has 0 bridgehead atoms. The van der Waals surface area contributed by atoms with Gasteiger partial charge in [-0.15, -0.1) is 0 Å². The number of halogens is 2. The van der Waals surface area contributed by atoms with Gasteiger partial charge in [-0.05, 0) is 113 Å². The van der Waals surface area contributed by atoms with Gasteiger partial charge >= 0.3 is 0 Å². The maximum Gasteiger partial charge on any atom is 0.0462 e. The van der Waals surface area contributed by atoms with Crippen molar-refractivity contribution in [2.45, 2.75) is 109 Å². The van der Waals surface area contributed by atoms with E-state index in [1.54, 1.807) is 11.1 Å². The Hall–Kier alpha value is -3.14. The van der Waals surface area contributed by atoms with Crippen LogP contribution >= 0.6 is 31.9 Å². The van der Waals surface area contributed by atoms with Crippen LogP contribution < -0.4 is 4.90 Å². The number of unbranched alkanes of at least 4 members (excludes halogenated alkanes) is 10. The lowest BCUT2D eigenvalue weighted by atomic mass is 9.70. The Labute approximate surface area is 318 Å². The van der Waals surface area contributed by atoms with Crippen molar-refractivity contribution < 1.29 is 0 Å². The largest absolute Gasteiger partial charge is 0.311 e. The van der Waals surface area contributed by atoms with Crippen molar-refractivity contribution in [3.63, 3.8) is 0 Å². The summed E-state index contributed by atoms with van der Waals surface area (Å²) in [5, 5.41) is 0. The summed E-state index contributed by atoms with van der Waals surface area (Å²) < 4.78 is 2.16. The van der Waals surface area contributed by atoms with Crippen LogP contribution in [0.2, 0.25) is 0 Å². The maximum absolute atomic E-state index is 3.62.